The van der Waals surface area contributed by atoms with E-state index >= 15 is 0 Å². The molecule has 3 aromatic carbocycles. The quantitative estimate of drug-likeness (QED) is 0.302. The molecular formula is C24H28N4O4. The van der Waals surface area contributed by atoms with Crippen LogP contribution in [0.2, 0.25) is 0 Å². The zero-order chi connectivity index (χ0) is 22.3. The normalized spacial score (nSPS) is 14.5. The van der Waals surface area contributed by atoms with Crippen molar-refractivity contribution in [2.75, 3.05) is 62.7 Å². The van der Waals surface area contributed by atoms with Gasteiger partial charge in [0.15, 0.2) is 0 Å². The third-order valence-electron chi connectivity index (χ3n) is 5.74. The van der Waals surface area contributed by atoms with Crippen LogP contribution in [0.4, 0.5) is 17.1 Å². The fraction of sp³-hybridized carbons (Fsp3) is 0.333. The van der Waals surface area contributed by atoms with Gasteiger partial charge in [-0.05, 0) is 35.0 Å². The Morgan fingerprint density at radius 3 is 2.53 bits per heavy atom. The molecular weight excluding hydrogens is 408 g/mol. The topological polar surface area (TPSA) is 91.1 Å². The number of rotatable bonds is 9. The van der Waals surface area contributed by atoms with Crippen LogP contribution in [0.5, 0.6) is 5.75 Å². The molecule has 1 fully saturated rings. The molecule has 0 bridgehead atoms. The number of nitro groups is 1. The lowest BCUT2D eigenvalue weighted by molar-refractivity contribution is -0.383. The maximum Gasteiger partial charge on any atom is 0.292 e. The third-order valence-corrected chi connectivity index (χ3v) is 5.74. The van der Waals surface area contributed by atoms with Gasteiger partial charge >= 0.3 is 0 Å². The van der Waals surface area contributed by atoms with E-state index < -0.39 is 0 Å². The van der Waals surface area contributed by atoms with E-state index in [1.807, 2.05) is 42.5 Å². The van der Waals surface area contributed by atoms with Crippen LogP contribution in [0.15, 0.2) is 60.7 Å². The van der Waals surface area contributed by atoms with Crippen molar-refractivity contribution in [2.24, 2.45) is 0 Å². The van der Waals surface area contributed by atoms with Crippen LogP contribution in [0.1, 0.15) is 0 Å². The van der Waals surface area contributed by atoms with E-state index in [9.17, 15) is 10.1 Å². The Bertz CT molecular complexity index is 1070. The average Bonchev–Trinajstić information content (AvgIpc) is 2.82. The lowest BCUT2D eigenvalue weighted by Gasteiger charge is -2.35. The summed E-state index contributed by atoms with van der Waals surface area (Å²) in [4.78, 5) is 15.6. The van der Waals surface area contributed by atoms with Crippen molar-refractivity contribution in [3.63, 3.8) is 0 Å². The van der Waals surface area contributed by atoms with E-state index in [-0.39, 0.29) is 17.2 Å². The molecule has 0 unspecified atom stereocenters. The molecule has 0 aliphatic carbocycles. The van der Waals surface area contributed by atoms with Crippen LogP contribution in [-0.4, -0.2) is 67.4 Å². The number of aliphatic hydroxyl groups is 1. The van der Waals surface area contributed by atoms with Crippen molar-refractivity contribution < 1.29 is 14.8 Å². The smallest absolute Gasteiger partial charge is 0.292 e. The molecule has 1 saturated heterocycles. The van der Waals surface area contributed by atoms with Gasteiger partial charge in [0, 0.05) is 51.0 Å². The number of nitrogens with one attached hydrogen (secondary N) is 1. The number of β-amino-alcohol motifs (C(OH)–C–C–N with tert-alkyl or cyclic N) is 1. The van der Waals surface area contributed by atoms with Crippen LogP contribution in [0.25, 0.3) is 10.8 Å². The summed E-state index contributed by atoms with van der Waals surface area (Å²) in [6, 6.07) is 19.2. The average molecular weight is 437 g/mol. The van der Waals surface area contributed by atoms with E-state index in [0.29, 0.717) is 25.4 Å². The van der Waals surface area contributed by atoms with Gasteiger partial charge in [0.25, 0.3) is 5.69 Å². The number of anilines is 2. The molecule has 1 aliphatic heterocycles. The number of nitrogens with zero attached hydrogens (tertiary/aromatic N) is 3. The number of benzene rings is 3. The van der Waals surface area contributed by atoms with Crippen LogP contribution in [0.3, 0.4) is 0 Å². The first-order valence-corrected chi connectivity index (χ1v) is 10.9. The minimum absolute atomic E-state index is 0.0540. The lowest BCUT2D eigenvalue weighted by atomic mass is 10.1. The zero-order valence-electron chi connectivity index (χ0n) is 17.9. The molecule has 1 heterocycles. The summed E-state index contributed by atoms with van der Waals surface area (Å²) in [6.45, 7) is 5.04. The van der Waals surface area contributed by atoms with E-state index in [1.54, 1.807) is 12.1 Å². The maximum absolute atomic E-state index is 11.5. The highest BCUT2D eigenvalue weighted by Crippen LogP contribution is 2.30. The van der Waals surface area contributed by atoms with Crippen LogP contribution in [-0.2, 0) is 0 Å². The Kier molecular flexibility index (Phi) is 7.03. The molecule has 2 N–H and O–H groups in total. The molecule has 8 heteroatoms. The molecule has 0 amide bonds. The molecule has 8 nitrogen and oxygen atoms in total. The second kappa shape index (κ2) is 10.3. The van der Waals surface area contributed by atoms with E-state index in [2.05, 4.69) is 21.2 Å². The van der Waals surface area contributed by atoms with Crippen LogP contribution in [0, 0.1) is 10.1 Å². The minimum Gasteiger partial charge on any atom is -0.492 e. The van der Waals surface area contributed by atoms with Gasteiger partial charge in [-0.3, -0.25) is 15.0 Å². The highest BCUT2D eigenvalue weighted by Gasteiger charge is 2.20. The Morgan fingerprint density at radius 1 is 1.00 bits per heavy atom. The molecule has 0 spiro atoms. The summed E-state index contributed by atoms with van der Waals surface area (Å²) in [5.41, 5.74) is 1.50. The first-order valence-electron chi connectivity index (χ1n) is 10.9. The van der Waals surface area contributed by atoms with Gasteiger partial charge in [0.1, 0.15) is 18.0 Å². The van der Waals surface area contributed by atoms with Gasteiger partial charge in [-0.15, -0.1) is 0 Å². The predicted molar refractivity (Wildman–Crippen MR) is 127 cm³/mol. The van der Waals surface area contributed by atoms with Crippen molar-refractivity contribution in [1.29, 1.82) is 0 Å². The largest absolute Gasteiger partial charge is 0.492 e. The zero-order valence-corrected chi connectivity index (χ0v) is 17.9. The first kappa shape index (κ1) is 21.9. The summed E-state index contributed by atoms with van der Waals surface area (Å²) >= 11 is 0. The summed E-state index contributed by atoms with van der Waals surface area (Å²) in [6.07, 6.45) is 0. The highest BCUT2D eigenvalue weighted by atomic mass is 16.6. The van der Waals surface area contributed by atoms with E-state index in [4.69, 9.17) is 9.84 Å². The first-order chi connectivity index (χ1) is 15.6. The summed E-state index contributed by atoms with van der Waals surface area (Å²) in [5, 5.41) is 26.0. The molecule has 32 heavy (non-hydrogen) atoms. The number of hydrogen-bond acceptors (Lipinski definition) is 7. The molecule has 0 saturated carbocycles. The van der Waals surface area contributed by atoms with Crippen molar-refractivity contribution in [3.8, 4) is 5.75 Å². The number of aliphatic hydroxyl groups excluding tert-OH is 1. The van der Waals surface area contributed by atoms with Crippen LogP contribution < -0.4 is 15.0 Å². The van der Waals surface area contributed by atoms with Gasteiger partial charge in [0.05, 0.1) is 11.5 Å². The van der Waals surface area contributed by atoms with Gasteiger partial charge in [-0.25, -0.2) is 0 Å². The molecule has 3 aromatic rings. The van der Waals surface area contributed by atoms with Gasteiger partial charge < -0.3 is 20.1 Å². The lowest BCUT2D eigenvalue weighted by Crippen LogP contribution is -2.47. The highest BCUT2D eigenvalue weighted by molar-refractivity contribution is 5.83. The van der Waals surface area contributed by atoms with Gasteiger partial charge in [-0.1, -0.05) is 30.3 Å². The molecule has 1 aliphatic rings. The number of ether oxygens (including phenoxy) is 1. The third kappa shape index (κ3) is 5.27. The van der Waals surface area contributed by atoms with E-state index in [0.717, 1.165) is 48.4 Å². The van der Waals surface area contributed by atoms with Gasteiger partial charge in [-0.2, -0.15) is 0 Å². The Balaban J connectivity index is 1.37. The fourth-order valence-corrected chi connectivity index (χ4v) is 4.00. The Morgan fingerprint density at radius 2 is 1.78 bits per heavy atom. The Hall–Kier alpha value is -3.36. The standard InChI is InChI=1S/C24H28N4O4/c29-15-14-26-10-12-27(13-11-26)21-6-8-24(28(30)31)23(18-21)25-9-16-32-22-7-5-19-3-1-2-4-20(19)17-22/h1-8,17-18,25,29H,9-16H2. The van der Waals surface area contributed by atoms with Crippen LogP contribution >= 0.6 is 0 Å². The molecule has 0 aromatic heterocycles. The number of fused-ring (bicyclic) bond motifs is 1. The van der Waals surface area contributed by atoms with Crippen molar-refractivity contribution in [3.05, 3.63) is 70.8 Å². The molecule has 4 rings (SSSR count). The van der Waals surface area contributed by atoms with Gasteiger partial charge in [0.2, 0.25) is 0 Å². The predicted octanol–water partition coefficient (Wildman–Crippen LogP) is 3.35. The SMILES string of the molecule is O=[N+]([O-])c1ccc(N2CCN(CCO)CC2)cc1NCCOc1ccc2ccccc2c1. The van der Waals surface area contributed by atoms with Crippen molar-refractivity contribution in [1.82, 2.24) is 4.90 Å². The molecule has 0 radical (unpaired) electrons. The fourth-order valence-electron chi connectivity index (χ4n) is 4.00. The monoisotopic (exact) mass is 436 g/mol. The van der Waals surface area contributed by atoms with E-state index in [1.165, 1.54) is 0 Å². The maximum atomic E-state index is 11.5. The number of nitro benzene ring substituents is 1. The molecule has 168 valence electrons. The number of hydrogen-bond donors (Lipinski definition) is 2. The number of piperazine rings is 1. The molecule has 0 atom stereocenters. The van der Waals surface area contributed by atoms with Crippen molar-refractivity contribution in [2.45, 2.75) is 0 Å². The summed E-state index contributed by atoms with van der Waals surface area (Å²) in [7, 11) is 0. The Labute approximate surface area is 187 Å². The minimum atomic E-state index is -0.366. The second-order valence-electron chi connectivity index (χ2n) is 7.80. The van der Waals surface area contributed by atoms with Crippen molar-refractivity contribution >= 4 is 27.8 Å². The summed E-state index contributed by atoms with van der Waals surface area (Å²) in [5.74, 6) is 0.773. The summed E-state index contributed by atoms with van der Waals surface area (Å²) < 4.78 is 5.85. The second-order valence-corrected chi connectivity index (χ2v) is 7.80.